The number of hydrogen-bond acceptors (Lipinski definition) is 2. The molecule has 0 bridgehead atoms. The molecule has 0 atom stereocenters. The van der Waals surface area contributed by atoms with Gasteiger partial charge in [0.05, 0.1) is 0 Å². The largest absolute Gasteiger partial charge is 0.340 e. The van der Waals surface area contributed by atoms with Crippen molar-refractivity contribution in [2.45, 2.75) is 33.1 Å². The number of pyridine rings is 1. The average molecular weight is 240 g/mol. The maximum Gasteiger partial charge on any atom is 0.130 e. The highest BCUT2D eigenvalue weighted by Crippen LogP contribution is 2.24. The molecule has 2 heteroatoms. The van der Waals surface area contributed by atoms with Crippen molar-refractivity contribution in [1.29, 1.82) is 0 Å². The highest BCUT2D eigenvalue weighted by molar-refractivity contribution is 5.56. The van der Waals surface area contributed by atoms with Gasteiger partial charge < -0.3 is 5.32 Å². The SMILES string of the molecule is Cc1ccc(Nc2ccc(C(C)(C)C)cc2)nc1. The zero-order valence-electron chi connectivity index (χ0n) is 11.5. The number of benzene rings is 1. The van der Waals surface area contributed by atoms with Gasteiger partial charge in [-0.1, -0.05) is 39.0 Å². The van der Waals surface area contributed by atoms with Gasteiger partial charge in [0.2, 0.25) is 0 Å². The molecule has 0 unspecified atom stereocenters. The topological polar surface area (TPSA) is 24.9 Å². The molecule has 94 valence electrons. The Balaban J connectivity index is 2.13. The van der Waals surface area contributed by atoms with E-state index < -0.39 is 0 Å². The van der Waals surface area contributed by atoms with Crippen molar-refractivity contribution in [2.24, 2.45) is 0 Å². The fraction of sp³-hybridized carbons (Fsp3) is 0.312. The van der Waals surface area contributed by atoms with E-state index in [1.807, 2.05) is 19.2 Å². The monoisotopic (exact) mass is 240 g/mol. The van der Waals surface area contributed by atoms with Crippen LogP contribution in [0.1, 0.15) is 31.9 Å². The summed E-state index contributed by atoms with van der Waals surface area (Å²) in [5.74, 6) is 0.879. The molecule has 1 N–H and O–H groups in total. The number of rotatable bonds is 2. The van der Waals surface area contributed by atoms with Crippen LogP contribution in [0.4, 0.5) is 11.5 Å². The average Bonchev–Trinajstić information content (AvgIpc) is 2.32. The lowest BCUT2D eigenvalue weighted by atomic mass is 9.87. The van der Waals surface area contributed by atoms with E-state index in [1.165, 1.54) is 11.1 Å². The van der Waals surface area contributed by atoms with Crippen molar-refractivity contribution < 1.29 is 0 Å². The minimum atomic E-state index is 0.195. The first kappa shape index (κ1) is 12.6. The van der Waals surface area contributed by atoms with E-state index in [4.69, 9.17) is 0 Å². The Morgan fingerprint density at radius 3 is 2.11 bits per heavy atom. The number of hydrogen-bond donors (Lipinski definition) is 1. The van der Waals surface area contributed by atoms with Crippen molar-refractivity contribution >= 4 is 11.5 Å². The number of aryl methyl sites for hydroxylation is 1. The summed E-state index contributed by atoms with van der Waals surface area (Å²) in [4.78, 5) is 4.33. The predicted molar refractivity (Wildman–Crippen MR) is 77.4 cm³/mol. The summed E-state index contributed by atoms with van der Waals surface area (Å²) < 4.78 is 0. The summed E-state index contributed by atoms with van der Waals surface area (Å²) in [5.41, 5.74) is 3.77. The Kier molecular flexibility index (Phi) is 3.37. The van der Waals surface area contributed by atoms with E-state index in [9.17, 15) is 0 Å². The molecule has 0 spiro atoms. The number of nitrogens with zero attached hydrogens (tertiary/aromatic N) is 1. The zero-order chi connectivity index (χ0) is 13.2. The third kappa shape index (κ3) is 3.10. The summed E-state index contributed by atoms with van der Waals surface area (Å²) in [7, 11) is 0. The van der Waals surface area contributed by atoms with Gasteiger partial charge in [-0.05, 0) is 41.7 Å². The number of aromatic nitrogens is 1. The highest BCUT2D eigenvalue weighted by atomic mass is 15.0. The van der Waals surface area contributed by atoms with Crippen LogP contribution in [0.5, 0.6) is 0 Å². The van der Waals surface area contributed by atoms with Gasteiger partial charge in [-0.25, -0.2) is 4.98 Å². The molecule has 0 aliphatic carbocycles. The molecule has 2 aromatic rings. The van der Waals surface area contributed by atoms with Crippen LogP contribution in [0.2, 0.25) is 0 Å². The van der Waals surface area contributed by atoms with Gasteiger partial charge in [0, 0.05) is 11.9 Å². The maximum absolute atomic E-state index is 4.33. The molecule has 1 aromatic carbocycles. The highest BCUT2D eigenvalue weighted by Gasteiger charge is 2.12. The fourth-order valence-electron chi connectivity index (χ4n) is 1.74. The summed E-state index contributed by atoms with van der Waals surface area (Å²) in [6.45, 7) is 8.69. The Morgan fingerprint density at radius 1 is 0.944 bits per heavy atom. The minimum absolute atomic E-state index is 0.195. The third-order valence-electron chi connectivity index (χ3n) is 2.93. The van der Waals surface area contributed by atoms with Crippen LogP contribution in [0.3, 0.4) is 0 Å². The molecule has 0 radical (unpaired) electrons. The lowest BCUT2D eigenvalue weighted by Crippen LogP contribution is -2.10. The van der Waals surface area contributed by atoms with Crippen LogP contribution >= 0.6 is 0 Å². The smallest absolute Gasteiger partial charge is 0.130 e. The van der Waals surface area contributed by atoms with Crippen LogP contribution < -0.4 is 5.32 Å². The second-order valence-electron chi connectivity index (χ2n) is 5.67. The van der Waals surface area contributed by atoms with E-state index in [1.54, 1.807) is 0 Å². The molecular weight excluding hydrogens is 220 g/mol. The molecule has 0 aliphatic rings. The van der Waals surface area contributed by atoms with Crippen molar-refractivity contribution in [3.05, 3.63) is 53.7 Å². The molecule has 0 saturated carbocycles. The Hall–Kier alpha value is -1.83. The van der Waals surface area contributed by atoms with Gasteiger partial charge in [0.25, 0.3) is 0 Å². The molecule has 0 aliphatic heterocycles. The van der Waals surface area contributed by atoms with Crippen molar-refractivity contribution in [3.8, 4) is 0 Å². The van der Waals surface area contributed by atoms with Gasteiger partial charge in [0.15, 0.2) is 0 Å². The van der Waals surface area contributed by atoms with Crippen LogP contribution in [0.15, 0.2) is 42.6 Å². The number of nitrogens with one attached hydrogen (secondary N) is 1. The maximum atomic E-state index is 4.33. The first-order valence-electron chi connectivity index (χ1n) is 6.25. The molecule has 0 amide bonds. The molecule has 2 rings (SSSR count). The van der Waals surface area contributed by atoms with Gasteiger partial charge in [-0.2, -0.15) is 0 Å². The summed E-state index contributed by atoms with van der Waals surface area (Å²) in [6, 6.07) is 12.6. The van der Waals surface area contributed by atoms with Gasteiger partial charge in [-0.3, -0.25) is 0 Å². The molecule has 1 heterocycles. The second kappa shape index (κ2) is 4.81. The normalized spacial score (nSPS) is 11.3. The Labute approximate surface area is 109 Å². The molecule has 0 fully saturated rings. The lowest BCUT2D eigenvalue weighted by Gasteiger charge is -2.19. The van der Waals surface area contributed by atoms with E-state index in [0.717, 1.165) is 11.5 Å². The van der Waals surface area contributed by atoms with Crippen molar-refractivity contribution in [3.63, 3.8) is 0 Å². The van der Waals surface area contributed by atoms with Gasteiger partial charge in [-0.15, -0.1) is 0 Å². The minimum Gasteiger partial charge on any atom is -0.340 e. The number of anilines is 2. The van der Waals surface area contributed by atoms with Crippen LogP contribution in [-0.4, -0.2) is 4.98 Å². The Morgan fingerprint density at radius 2 is 1.61 bits per heavy atom. The van der Waals surface area contributed by atoms with Crippen molar-refractivity contribution in [1.82, 2.24) is 4.98 Å². The molecule has 2 nitrogen and oxygen atoms in total. The van der Waals surface area contributed by atoms with Gasteiger partial charge >= 0.3 is 0 Å². The van der Waals surface area contributed by atoms with Gasteiger partial charge in [0.1, 0.15) is 5.82 Å². The fourth-order valence-corrected chi connectivity index (χ4v) is 1.74. The van der Waals surface area contributed by atoms with Crippen LogP contribution in [0.25, 0.3) is 0 Å². The second-order valence-corrected chi connectivity index (χ2v) is 5.67. The standard InChI is InChI=1S/C16H20N2/c1-12-5-10-15(17-11-12)18-14-8-6-13(7-9-14)16(2,3)4/h5-11H,1-4H3,(H,17,18). The molecule has 18 heavy (non-hydrogen) atoms. The first-order valence-corrected chi connectivity index (χ1v) is 6.25. The third-order valence-corrected chi connectivity index (χ3v) is 2.93. The lowest BCUT2D eigenvalue weighted by molar-refractivity contribution is 0.590. The summed E-state index contributed by atoms with van der Waals surface area (Å²) in [5, 5.41) is 3.30. The van der Waals surface area contributed by atoms with E-state index in [0.29, 0.717) is 0 Å². The summed E-state index contributed by atoms with van der Waals surface area (Å²) >= 11 is 0. The quantitative estimate of drug-likeness (QED) is 0.840. The van der Waals surface area contributed by atoms with Crippen molar-refractivity contribution in [2.75, 3.05) is 5.32 Å². The molecule has 1 aromatic heterocycles. The van der Waals surface area contributed by atoms with E-state index in [-0.39, 0.29) is 5.41 Å². The molecular formula is C16H20N2. The van der Waals surface area contributed by atoms with Crippen LogP contribution in [-0.2, 0) is 5.41 Å². The Bertz CT molecular complexity index is 504. The molecule has 0 saturated heterocycles. The zero-order valence-corrected chi connectivity index (χ0v) is 11.5. The summed E-state index contributed by atoms with van der Waals surface area (Å²) in [6.07, 6.45) is 1.87. The van der Waals surface area contributed by atoms with Crippen LogP contribution in [0, 0.1) is 6.92 Å². The van der Waals surface area contributed by atoms with E-state index in [2.05, 4.69) is 61.4 Å². The van der Waals surface area contributed by atoms with E-state index >= 15 is 0 Å². The first-order chi connectivity index (χ1) is 8.45. The predicted octanol–water partition coefficient (Wildman–Crippen LogP) is 4.43.